The highest BCUT2D eigenvalue weighted by Gasteiger charge is 2.26. The largest absolute Gasteiger partial charge is 0.383 e. The van der Waals surface area contributed by atoms with Crippen LogP contribution in [0.15, 0.2) is 0 Å². The number of nitrogen functional groups attached to an aromatic ring is 1. The molecule has 0 spiro atoms. The van der Waals surface area contributed by atoms with E-state index in [2.05, 4.69) is 48.3 Å². The Bertz CT molecular complexity index is 440. The van der Waals surface area contributed by atoms with Gasteiger partial charge in [0.05, 0.1) is 14.5 Å². The first-order valence-electron chi connectivity index (χ1n) is 5.92. The molecule has 0 saturated carbocycles. The standard InChI is InChI=1S/C12H18IN3S2/c1-12(2,3)9-8(13)10(14)16-11(15-9)7-6-17-4-5-18-7/h7H,4-6H2,1-3H3,(H2,14,15,16). The molecule has 1 aromatic heterocycles. The Morgan fingerprint density at radius 3 is 2.56 bits per heavy atom. The van der Waals surface area contributed by atoms with Crippen LogP contribution in [0.25, 0.3) is 0 Å². The van der Waals surface area contributed by atoms with Gasteiger partial charge in [-0.2, -0.15) is 11.8 Å². The molecule has 1 unspecified atom stereocenters. The van der Waals surface area contributed by atoms with Crippen molar-refractivity contribution in [1.82, 2.24) is 9.97 Å². The Hall–Kier alpha value is 0.310. The van der Waals surface area contributed by atoms with E-state index in [1.54, 1.807) is 0 Å². The third kappa shape index (κ3) is 3.25. The van der Waals surface area contributed by atoms with Crippen LogP contribution in [0.1, 0.15) is 37.5 Å². The second-order valence-corrected chi connectivity index (χ2v) is 8.85. The van der Waals surface area contributed by atoms with E-state index < -0.39 is 0 Å². The van der Waals surface area contributed by atoms with Gasteiger partial charge >= 0.3 is 0 Å². The molecule has 1 saturated heterocycles. The van der Waals surface area contributed by atoms with Gasteiger partial charge in [-0.1, -0.05) is 20.8 Å². The summed E-state index contributed by atoms with van der Waals surface area (Å²) in [5.74, 6) is 5.04. The average molecular weight is 395 g/mol. The van der Waals surface area contributed by atoms with E-state index >= 15 is 0 Å². The summed E-state index contributed by atoms with van der Waals surface area (Å²) in [5, 5.41) is 0.393. The van der Waals surface area contributed by atoms with Crippen molar-refractivity contribution < 1.29 is 0 Å². The molecule has 0 bridgehead atoms. The molecule has 0 aliphatic carbocycles. The number of rotatable bonds is 1. The van der Waals surface area contributed by atoms with Crippen molar-refractivity contribution in [3.8, 4) is 0 Å². The van der Waals surface area contributed by atoms with Gasteiger partial charge in [-0.05, 0) is 22.6 Å². The minimum absolute atomic E-state index is 0.00874. The number of anilines is 1. The van der Waals surface area contributed by atoms with Gasteiger partial charge in [-0.25, -0.2) is 9.97 Å². The second-order valence-electron chi connectivity index (χ2n) is 5.31. The molecule has 1 aromatic rings. The lowest BCUT2D eigenvalue weighted by atomic mass is 9.92. The predicted octanol–water partition coefficient (Wildman–Crippen LogP) is 3.48. The van der Waals surface area contributed by atoms with E-state index in [0.717, 1.165) is 20.8 Å². The fourth-order valence-corrected chi connectivity index (χ4v) is 5.41. The van der Waals surface area contributed by atoms with Crippen LogP contribution in [0.2, 0.25) is 0 Å². The summed E-state index contributed by atoms with van der Waals surface area (Å²) in [5.41, 5.74) is 7.13. The van der Waals surface area contributed by atoms with Crippen LogP contribution in [-0.2, 0) is 5.41 Å². The molecule has 1 aliphatic rings. The molecule has 6 heteroatoms. The Kier molecular flexibility index (Phi) is 4.70. The Morgan fingerprint density at radius 1 is 1.28 bits per heavy atom. The van der Waals surface area contributed by atoms with E-state index in [1.165, 1.54) is 11.5 Å². The zero-order valence-corrected chi connectivity index (χ0v) is 14.7. The van der Waals surface area contributed by atoms with Crippen molar-refractivity contribution in [3.63, 3.8) is 0 Å². The highest BCUT2D eigenvalue weighted by Crippen LogP contribution is 2.37. The molecule has 2 N–H and O–H groups in total. The number of nitrogens with zero attached hydrogens (tertiary/aromatic N) is 2. The summed E-state index contributed by atoms with van der Waals surface area (Å²) in [7, 11) is 0. The van der Waals surface area contributed by atoms with E-state index in [0.29, 0.717) is 11.1 Å². The molecular formula is C12H18IN3S2. The molecule has 18 heavy (non-hydrogen) atoms. The first-order chi connectivity index (χ1) is 8.39. The maximum Gasteiger partial charge on any atom is 0.144 e. The van der Waals surface area contributed by atoms with Gasteiger partial charge in [0.25, 0.3) is 0 Å². The van der Waals surface area contributed by atoms with Gasteiger partial charge in [-0.15, -0.1) is 11.8 Å². The van der Waals surface area contributed by atoms with Crippen molar-refractivity contribution >= 4 is 51.9 Å². The normalized spacial score (nSPS) is 21.0. The van der Waals surface area contributed by atoms with E-state index in [9.17, 15) is 0 Å². The summed E-state index contributed by atoms with van der Waals surface area (Å²) in [6.07, 6.45) is 0. The SMILES string of the molecule is CC(C)(C)c1nc(C2CSCCS2)nc(N)c1I. The number of thioether (sulfide) groups is 2. The Labute approximate surface area is 131 Å². The summed E-state index contributed by atoms with van der Waals surface area (Å²) < 4.78 is 0.998. The predicted molar refractivity (Wildman–Crippen MR) is 90.4 cm³/mol. The third-order valence-corrected chi connectivity index (χ3v) is 6.52. The molecule has 1 atom stereocenters. The molecule has 0 aromatic carbocycles. The minimum atomic E-state index is 0.00874. The van der Waals surface area contributed by atoms with Crippen molar-refractivity contribution in [2.24, 2.45) is 0 Å². The summed E-state index contributed by atoms with van der Waals surface area (Å²) in [4.78, 5) is 9.29. The first kappa shape index (κ1) is 14.7. The van der Waals surface area contributed by atoms with E-state index in [-0.39, 0.29) is 5.41 Å². The zero-order valence-electron chi connectivity index (χ0n) is 10.9. The smallest absolute Gasteiger partial charge is 0.144 e. The number of hydrogen-bond donors (Lipinski definition) is 1. The highest BCUT2D eigenvalue weighted by atomic mass is 127. The monoisotopic (exact) mass is 395 g/mol. The van der Waals surface area contributed by atoms with Crippen molar-refractivity contribution in [3.05, 3.63) is 15.1 Å². The minimum Gasteiger partial charge on any atom is -0.383 e. The number of halogens is 1. The van der Waals surface area contributed by atoms with Gasteiger partial charge in [0.1, 0.15) is 11.6 Å². The summed E-state index contributed by atoms with van der Waals surface area (Å²) in [6.45, 7) is 6.51. The van der Waals surface area contributed by atoms with Crippen LogP contribution >= 0.6 is 46.1 Å². The van der Waals surface area contributed by atoms with Crippen LogP contribution in [0.3, 0.4) is 0 Å². The van der Waals surface area contributed by atoms with Crippen molar-refractivity contribution in [2.45, 2.75) is 31.4 Å². The van der Waals surface area contributed by atoms with Gasteiger partial charge < -0.3 is 5.73 Å². The quantitative estimate of drug-likeness (QED) is 0.738. The topological polar surface area (TPSA) is 51.8 Å². The van der Waals surface area contributed by atoms with E-state index in [1.807, 2.05) is 23.5 Å². The van der Waals surface area contributed by atoms with Crippen LogP contribution in [0.4, 0.5) is 5.82 Å². The molecule has 2 rings (SSSR count). The zero-order chi connectivity index (χ0) is 13.3. The van der Waals surface area contributed by atoms with E-state index in [4.69, 9.17) is 10.7 Å². The number of hydrogen-bond acceptors (Lipinski definition) is 5. The van der Waals surface area contributed by atoms with Crippen LogP contribution in [-0.4, -0.2) is 27.2 Å². The lowest BCUT2D eigenvalue weighted by Gasteiger charge is -2.24. The van der Waals surface area contributed by atoms with Gasteiger partial charge in [-0.3, -0.25) is 0 Å². The first-order valence-corrected chi connectivity index (χ1v) is 9.20. The third-order valence-electron chi connectivity index (χ3n) is 2.71. The fourth-order valence-electron chi connectivity index (χ4n) is 1.76. The number of aromatic nitrogens is 2. The number of nitrogens with two attached hydrogens (primary N) is 1. The van der Waals surface area contributed by atoms with Gasteiger partial charge in [0.2, 0.25) is 0 Å². The Balaban J connectivity index is 2.40. The molecule has 1 fully saturated rings. The second kappa shape index (κ2) is 5.75. The lowest BCUT2D eigenvalue weighted by Crippen LogP contribution is -2.21. The van der Waals surface area contributed by atoms with Crippen molar-refractivity contribution in [1.29, 1.82) is 0 Å². The maximum absolute atomic E-state index is 6.05. The molecule has 2 heterocycles. The fraction of sp³-hybridized carbons (Fsp3) is 0.667. The molecular weight excluding hydrogens is 377 g/mol. The van der Waals surface area contributed by atoms with Crippen LogP contribution in [0.5, 0.6) is 0 Å². The molecule has 3 nitrogen and oxygen atoms in total. The highest BCUT2D eigenvalue weighted by molar-refractivity contribution is 14.1. The lowest BCUT2D eigenvalue weighted by molar-refractivity contribution is 0.558. The summed E-state index contributed by atoms with van der Waals surface area (Å²) >= 11 is 6.18. The average Bonchev–Trinajstić information content (AvgIpc) is 2.32. The van der Waals surface area contributed by atoms with Crippen LogP contribution in [0, 0.1) is 3.57 Å². The molecule has 0 amide bonds. The van der Waals surface area contributed by atoms with Crippen LogP contribution < -0.4 is 5.73 Å². The molecule has 1 aliphatic heterocycles. The molecule has 0 radical (unpaired) electrons. The Morgan fingerprint density at radius 2 is 2.00 bits per heavy atom. The van der Waals surface area contributed by atoms with Gasteiger partial charge in [0.15, 0.2) is 0 Å². The molecule has 100 valence electrons. The maximum atomic E-state index is 6.05. The summed E-state index contributed by atoms with van der Waals surface area (Å²) in [6, 6.07) is 0. The van der Waals surface area contributed by atoms with Crippen molar-refractivity contribution in [2.75, 3.05) is 23.0 Å². The van der Waals surface area contributed by atoms with Gasteiger partial charge in [0, 0.05) is 22.7 Å².